The van der Waals surface area contributed by atoms with Gasteiger partial charge in [-0.25, -0.2) is 0 Å². The summed E-state index contributed by atoms with van der Waals surface area (Å²) < 4.78 is 0. The molecule has 90 valence electrons. The average molecular weight is 236 g/mol. The van der Waals surface area contributed by atoms with E-state index in [2.05, 4.69) is 5.32 Å². The van der Waals surface area contributed by atoms with Crippen LogP contribution in [0.3, 0.4) is 0 Å². The van der Waals surface area contributed by atoms with Crippen LogP contribution in [-0.2, 0) is 4.79 Å². The lowest BCUT2D eigenvalue weighted by Crippen LogP contribution is -2.48. The number of amides is 1. The highest BCUT2D eigenvalue weighted by molar-refractivity contribution is 5.93. The minimum atomic E-state index is -0.848. The molecule has 0 saturated heterocycles. The SMILES string of the molecule is CC1=CC2NC(=O)C([N+](=O)[O-])=C(O)C2C(C)=C1. The van der Waals surface area contributed by atoms with Gasteiger partial charge in [0.05, 0.1) is 16.9 Å². The molecule has 0 aromatic rings. The van der Waals surface area contributed by atoms with Crippen LogP contribution in [0.1, 0.15) is 13.8 Å². The molecule has 2 atom stereocenters. The number of nitrogens with zero attached hydrogens (tertiary/aromatic N) is 1. The van der Waals surface area contributed by atoms with Crippen molar-refractivity contribution in [2.24, 2.45) is 5.92 Å². The highest BCUT2D eigenvalue weighted by Gasteiger charge is 2.43. The number of rotatable bonds is 1. The first kappa shape index (κ1) is 11.4. The third kappa shape index (κ3) is 1.71. The maximum Gasteiger partial charge on any atom is 0.371 e. The van der Waals surface area contributed by atoms with Gasteiger partial charge in [0.25, 0.3) is 0 Å². The van der Waals surface area contributed by atoms with Gasteiger partial charge in [0.1, 0.15) is 0 Å². The Bertz CT molecular complexity index is 502. The molecule has 0 fully saturated rings. The number of nitro groups is 1. The van der Waals surface area contributed by atoms with E-state index < -0.39 is 34.2 Å². The lowest BCUT2D eigenvalue weighted by Gasteiger charge is -2.32. The summed E-state index contributed by atoms with van der Waals surface area (Å²) in [6.45, 7) is 3.65. The Kier molecular flexibility index (Phi) is 2.49. The molecule has 0 saturated carbocycles. The Labute approximate surface area is 97.5 Å². The van der Waals surface area contributed by atoms with Crippen LogP contribution >= 0.6 is 0 Å². The molecule has 1 heterocycles. The zero-order valence-corrected chi connectivity index (χ0v) is 9.43. The van der Waals surface area contributed by atoms with Gasteiger partial charge >= 0.3 is 11.6 Å². The number of carbonyl (C=O) groups excluding carboxylic acids is 1. The van der Waals surface area contributed by atoms with Crippen molar-refractivity contribution in [3.63, 3.8) is 0 Å². The molecule has 0 aromatic carbocycles. The van der Waals surface area contributed by atoms with Crippen LogP contribution in [0.5, 0.6) is 0 Å². The number of hydrogen-bond donors (Lipinski definition) is 2. The summed E-state index contributed by atoms with van der Waals surface area (Å²) in [5.41, 5.74) is 1.00. The maximum absolute atomic E-state index is 11.5. The first-order valence-electron chi connectivity index (χ1n) is 5.17. The summed E-state index contributed by atoms with van der Waals surface area (Å²) in [4.78, 5) is 21.4. The van der Waals surface area contributed by atoms with E-state index in [1.807, 2.05) is 13.0 Å². The van der Waals surface area contributed by atoms with Crippen LogP contribution < -0.4 is 5.32 Å². The third-order valence-electron chi connectivity index (χ3n) is 2.98. The topological polar surface area (TPSA) is 92.5 Å². The van der Waals surface area contributed by atoms with Crippen molar-refractivity contribution in [3.8, 4) is 0 Å². The van der Waals surface area contributed by atoms with Gasteiger partial charge in [-0.15, -0.1) is 0 Å². The summed E-state index contributed by atoms with van der Waals surface area (Å²) in [5.74, 6) is -1.83. The summed E-state index contributed by atoms with van der Waals surface area (Å²) in [5, 5.41) is 23.1. The van der Waals surface area contributed by atoms with E-state index in [1.165, 1.54) is 0 Å². The standard InChI is InChI=1S/C11H12N2O4/c1-5-3-6(2)8-7(4-5)12-11(15)9(10(8)14)13(16)17/h3-4,7-8,14H,1-2H3,(H,12,15). The van der Waals surface area contributed by atoms with E-state index >= 15 is 0 Å². The van der Waals surface area contributed by atoms with Crippen molar-refractivity contribution < 1.29 is 14.8 Å². The fraction of sp³-hybridized carbons (Fsp3) is 0.364. The molecule has 0 radical (unpaired) electrons. The van der Waals surface area contributed by atoms with Gasteiger partial charge in [0.2, 0.25) is 0 Å². The van der Waals surface area contributed by atoms with Crippen LogP contribution in [0.2, 0.25) is 0 Å². The largest absolute Gasteiger partial charge is 0.505 e. The Morgan fingerprint density at radius 3 is 2.71 bits per heavy atom. The molecule has 2 unspecified atom stereocenters. The number of aliphatic hydroxyl groups is 1. The van der Waals surface area contributed by atoms with Gasteiger partial charge in [-0.1, -0.05) is 23.3 Å². The van der Waals surface area contributed by atoms with Gasteiger partial charge in [0, 0.05) is 0 Å². The molecule has 2 rings (SSSR count). The van der Waals surface area contributed by atoms with Gasteiger partial charge in [0.15, 0.2) is 5.76 Å². The minimum absolute atomic E-state index is 0.406. The molecule has 1 aliphatic carbocycles. The molecule has 6 nitrogen and oxygen atoms in total. The van der Waals surface area contributed by atoms with Crippen molar-refractivity contribution in [1.82, 2.24) is 5.32 Å². The number of carbonyl (C=O) groups is 1. The number of aliphatic hydroxyl groups excluding tert-OH is 1. The molecule has 1 aliphatic heterocycles. The van der Waals surface area contributed by atoms with Gasteiger partial charge in [-0.05, 0) is 13.8 Å². The van der Waals surface area contributed by atoms with Gasteiger partial charge < -0.3 is 10.4 Å². The zero-order valence-electron chi connectivity index (χ0n) is 9.43. The summed E-state index contributed by atoms with van der Waals surface area (Å²) in [7, 11) is 0. The number of hydrogen-bond acceptors (Lipinski definition) is 4. The number of fused-ring (bicyclic) bond motifs is 1. The van der Waals surface area contributed by atoms with Crippen molar-refractivity contribution in [3.05, 3.63) is 44.9 Å². The predicted octanol–water partition coefficient (Wildman–Crippen LogP) is 1.05. The summed E-state index contributed by atoms with van der Waals surface area (Å²) in [6.07, 6.45) is 3.62. The van der Waals surface area contributed by atoms with Crippen molar-refractivity contribution in [1.29, 1.82) is 0 Å². The van der Waals surface area contributed by atoms with Crippen molar-refractivity contribution in [2.75, 3.05) is 0 Å². The van der Waals surface area contributed by atoms with Crippen molar-refractivity contribution in [2.45, 2.75) is 19.9 Å². The zero-order chi connectivity index (χ0) is 12.7. The monoisotopic (exact) mass is 236 g/mol. The maximum atomic E-state index is 11.5. The highest BCUT2D eigenvalue weighted by atomic mass is 16.6. The van der Waals surface area contributed by atoms with Crippen LogP contribution in [0, 0.1) is 16.0 Å². The first-order valence-corrected chi connectivity index (χ1v) is 5.17. The molecule has 2 aliphatic rings. The molecule has 0 aromatic heterocycles. The van der Waals surface area contributed by atoms with Gasteiger partial charge in [-0.3, -0.25) is 14.9 Å². The second-order valence-corrected chi connectivity index (χ2v) is 4.27. The normalized spacial score (nSPS) is 28.0. The average Bonchev–Trinajstić information content (AvgIpc) is 2.13. The second kappa shape index (κ2) is 3.73. The summed E-state index contributed by atoms with van der Waals surface area (Å²) >= 11 is 0. The lowest BCUT2D eigenvalue weighted by atomic mass is 9.81. The molecule has 0 spiro atoms. The van der Waals surface area contributed by atoms with E-state index in [-0.39, 0.29) is 0 Å². The van der Waals surface area contributed by atoms with E-state index in [9.17, 15) is 20.0 Å². The fourth-order valence-electron chi connectivity index (χ4n) is 2.33. The molecule has 2 N–H and O–H groups in total. The molecular weight excluding hydrogens is 224 g/mol. The molecule has 6 heteroatoms. The molecule has 0 bridgehead atoms. The third-order valence-corrected chi connectivity index (χ3v) is 2.98. The van der Waals surface area contributed by atoms with Crippen LogP contribution in [-0.4, -0.2) is 22.0 Å². The quantitative estimate of drug-likeness (QED) is 0.525. The predicted molar refractivity (Wildman–Crippen MR) is 59.6 cm³/mol. The van der Waals surface area contributed by atoms with E-state index in [4.69, 9.17) is 0 Å². The Morgan fingerprint density at radius 2 is 2.12 bits per heavy atom. The van der Waals surface area contributed by atoms with Crippen LogP contribution in [0.25, 0.3) is 0 Å². The number of nitrogens with one attached hydrogen (secondary N) is 1. The van der Waals surface area contributed by atoms with Gasteiger partial charge in [-0.2, -0.15) is 0 Å². The van der Waals surface area contributed by atoms with Crippen molar-refractivity contribution >= 4 is 5.91 Å². The Balaban J connectivity index is 2.53. The Hall–Kier alpha value is -2.11. The first-order chi connectivity index (χ1) is 7.91. The van der Waals surface area contributed by atoms with E-state index in [0.29, 0.717) is 0 Å². The lowest BCUT2D eigenvalue weighted by molar-refractivity contribution is -0.423. The van der Waals surface area contributed by atoms with Crippen LogP contribution in [0.4, 0.5) is 0 Å². The fourth-order valence-corrected chi connectivity index (χ4v) is 2.33. The molecular formula is C11H12N2O4. The molecule has 1 amide bonds. The van der Waals surface area contributed by atoms with E-state index in [1.54, 1.807) is 13.0 Å². The van der Waals surface area contributed by atoms with Crippen LogP contribution in [0.15, 0.2) is 34.8 Å². The highest BCUT2D eigenvalue weighted by Crippen LogP contribution is 2.33. The molecule has 17 heavy (non-hydrogen) atoms. The number of allylic oxidation sites excluding steroid dienone is 2. The smallest absolute Gasteiger partial charge is 0.371 e. The van der Waals surface area contributed by atoms with E-state index in [0.717, 1.165) is 11.1 Å². The Morgan fingerprint density at radius 1 is 1.47 bits per heavy atom. The summed E-state index contributed by atoms with van der Waals surface area (Å²) in [6, 6.07) is -0.406. The second-order valence-electron chi connectivity index (χ2n) is 4.27. The minimum Gasteiger partial charge on any atom is -0.505 e.